The van der Waals surface area contributed by atoms with E-state index in [0.717, 1.165) is 0 Å². The number of allylic oxidation sites excluding steroid dienone is 2. The molecule has 17 heavy (non-hydrogen) atoms. The second-order valence-electron chi connectivity index (χ2n) is 3.38. The van der Waals surface area contributed by atoms with Gasteiger partial charge in [-0.25, -0.2) is 0 Å². The van der Waals surface area contributed by atoms with Gasteiger partial charge in [0.2, 0.25) is 0 Å². The van der Waals surface area contributed by atoms with E-state index in [4.69, 9.17) is 19.7 Å². The lowest BCUT2D eigenvalue weighted by Crippen LogP contribution is -2.09. The summed E-state index contributed by atoms with van der Waals surface area (Å²) < 4.78 is 9.75. The molecule has 0 bridgehead atoms. The van der Waals surface area contributed by atoms with Gasteiger partial charge in [0.25, 0.3) is 0 Å². The quantitative estimate of drug-likeness (QED) is 0.457. The monoisotopic (exact) mass is 248 g/mol. The topological polar surface area (TPSA) is 58.9 Å². The summed E-state index contributed by atoms with van der Waals surface area (Å²) in [6.45, 7) is 6.01. The van der Waals surface area contributed by atoms with Crippen LogP contribution in [0.25, 0.3) is 0 Å². The number of hydrogen-bond donors (Lipinski definition) is 2. The van der Waals surface area contributed by atoms with Crippen LogP contribution in [0, 0.1) is 0 Å². The molecule has 0 aromatic heterocycles. The van der Waals surface area contributed by atoms with Gasteiger partial charge in [0.1, 0.15) is 0 Å². The first kappa shape index (κ1) is 18.9. The van der Waals surface area contributed by atoms with Gasteiger partial charge in [-0.3, -0.25) is 0 Å². The van der Waals surface area contributed by atoms with Gasteiger partial charge in [-0.1, -0.05) is 31.9 Å². The van der Waals surface area contributed by atoms with E-state index < -0.39 is 0 Å². The Hall–Kier alpha value is -0.420. The van der Waals surface area contributed by atoms with Gasteiger partial charge in [0.15, 0.2) is 0 Å². The highest BCUT2D eigenvalue weighted by atomic mass is 16.5. The fourth-order valence-corrected chi connectivity index (χ4v) is 0.940. The number of aliphatic hydroxyl groups is 2. The zero-order valence-electron chi connectivity index (χ0n) is 11.2. The fraction of sp³-hybridized carbons (Fsp3) is 0.846. The van der Waals surface area contributed by atoms with Gasteiger partial charge in [-0.15, -0.1) is 0 Å². The molecule has 104 valence electrons. The lowest BCUT2D eigenvalue weighted by molar-refractivity contribution is 0.0222. The van der Waals surface area contributed by atoms with E-state index >= 15 is 0 Å². The van der Waals surface area contributed by atoms with Crippen LogP contribution in [0.4, 0.5) is 0 Å². The highest BCUT2D eigenvalue weighted by molar-refractivity contribution is 4.75. The van der Waals surface area contributed by atoms with Gasteiger partial charge in [-0.05, 0) is 13.3 Å². The summed E-state index contributed by atoms with van der Waals surface area (Å²) in [4.78, 5) is 0. The third kappa shape index (κ3) is 25.7. The third-order valence-electron chi connectivity index (χ3n) is 1.80. The number of ether oxygens (including phenoxy) is 2. The van der Waals surface area contributed by atoms with Crippen LogP contribution in [0.3, 0.4) is 0 Å². The average Bonchev–Trinajstić information content (AvgIpc) is 2.35. The predicted octanol–water partition coefficient (Wildman–Crippen LogP) is 1.76. The Morgan fingerprint density at radius 3 is 1.82 bits per heavy atom. The zero-order chi connectivity index (χ0) is 13.2. The third-order valence-corrected chi connectivity index (χ3v) is 1.80. The summed E-state index contributed by atoms with van der Waals surface area (Å²) in [6.07, 6.45) is 8.22. The van der Waals surface area contributed by atoms with Crippen molar-refractivity contribution in [1.82, 2.24) is 0 Å². The normalized spacial score (nSPS) is 10.4. The van der Waals surface area contributed by atoms with E-state index in [1.54, 1.807) is 0 Å². The molecule has 0 heterocycles. The molecule has 0 fully saturated rings. The van der Waals surface area contributed by atoms with Crippen LogP contribution in [0.1, 0.15) is 33.1 Å². The van der Waals surface area contributed by atoms with Gasteiger partial charge in [0, 0.05) is 0 Å². The summed E-state index contributed by atoms with van der Waals surface area (Å²) in [5.74, 6) is 0. The molecule has 2 N–H and O–H groups in total. The molecule has 4 heteroatoms. The fourth-order valence-electron chi connectivity index (χ4n) is 0.940. The van der Waals surface area contributed by atoms with E-state index in [1.807, 2.05) is 0 Å². The molecule has 0 aliphatic heterocycles. The van der Waals surface area contributed by atoms with Crippen molar-refractivity contribution in [2.75, 3.05) is 39.6 Å². The first-order valence-corrected chi connectivity index (χ1v) is 6.31. The van der Waals surface area contributed by atoms with E-state index in [-0.39, 0.29) is 13.2 Å². The summed E-state index contributed by atoms with van der Waals surface area (Å²) >= 11 is 0. The van der Waals surface area contributed by atoms with Crippen LogP contribution >= 0.6 is 0 Å². The summed E-state index contributed by atoms with van der Waals surface area (Å²) in [7, 11) is 0. The highest BCUT2D eigenvalue weighted by Crippen LogP contribution is 1.93. The Bertz CT molecular complexity index is 129. The first-order valence-electron chi connectivity index (χ1n) is 6.31. The smallest absolute Gasteiger partial charge is 0.0701 e. The zero-order valence-corrected chi connectivity index (χ0v) is 11.2. The molecule has 0 aromatic carbocycles. The molecule has 0 saturated heterocycles. The molecule has 0 aromatic rings. The minimum Gasteiger partial charge on any atom is -0.394 e. The maximum atomic E-state index is 8.26. The Balaban J connectivity index is 0. The lowest BCUT2D eigenvalue weighted by Gasteiger charge is -2.01. The van der Waals surface area contributed by atoms with Crippen molar-refractivity contribution in [1.29, 1.82) is 0 Å². The van der Waals surface area contributed by atoms with E-state index in [9.17, 15) is 0 Å². The van der Waals surface area contributed by atoms with Crippen LogP contribution < -0.4 is 0 Å². The van der Waals surface area contributed by atoms with Gasteiger partial charge < -0.3 is 19.7 Å². The maximum absolute atomic E-state index is 8.26. The van der Waals surface area contributed by atoms with E-state index in [2.05, 4.69) is 26.0 Å². The Kier molecular flexibility index (Phi) is 23.3. The Morgan fingerprint density at radius 1 is 0.941 bits per heavy atom. The minimum atomic E-state index is 0.0417. The van der Waals surface area contributed by atoms with E-state index in [0.29, 0.717) is 26.4 Å². The molecule has 0 rings (SSSR count). The molecule has 0 aliphatic rings. The molecule has 0 spiro atoms. The number of aliphatic hydroxyl groups excluding tert-OH is 2. The lowest BCUT2D eigenvalue weighted by atomic mass is 10.2. The Morgan fingerprint density at radius 2 is 1.47 bits per heavy atom. The largest absolute Gasteiger partial charge is 0.394 e. The van der Waals surface area contributed by atoms with Gasteiger partial charge in [-0.2, -0.15) is 0 Å². The summed E-state index contributed by atoms with van der Waals surface area (Å²) in [5, 5.41) is 16.5. The SMILES string of the molecule is C/C=C/CCCC.OCCOCCOCCO. The van der Waals surface area contributed by atoms with Gasteiger partial charge in [0.05, 0.1) is 39.6 Å². The van der Waals surface area contributed by atoms with Crippen molar-refractivity contribution in [3.8, 4) is 0 Å². The standard InChI is InChI=1S/C7H14.C6H14O4/c1-3-5-7-6-4-2;7-1-3-9-5-6-10-4-2-8/h3,5H,4,6-7H2,1-2H3;7-8H,1-6H2/b5-3+;. The van der Waals surface area contributed by atoms with Crippen molar-refractivity contribution in [2.45, 2.75) is 33.1 Å². The van der Waals surface area contributed by atoms with Crippen LogP contribution in [-0.2, 0) is 9.47 Å². The predicted molar refractivity (Wildman–Crippen MR) is 70.1 cm³/mol. The molecular weight excluding hydrogens is 220 g/mol. The van der Waals surface area contributed by atoms with Crippen molar-refractivity contribution in [2.24, 2.45) is 0 Å². The number of hydrogen-bond acceptors (Lipinski definition) is 4. The maximum Gasteiger partial charge on any atom is 0.0701 e. The molecule has 0 amide bonds. The van der Waals surface area contributed by atoms with Crippen LogP contribution in [0.2, 0.25) is 0 Å². The van der Waals surface area contributed by atoms with Crippen molar-refractivity contribution in [3.63, 3.8) is 0 Å². The number of rotatable bonds is 10. The highest BCUT2D eigenvalue weighted by Gasteiger charge is 1.86. The van der Waals surface area contributed by atoms with Crippen LogP contribution in [0.15, 0.2) is 12.2 Å². The molecule has 0 radical (unpaired) electrons. The molecule has 0 saturated carbocycles. The molecule has 0 atom stereocenters. The van der Waals surface area contributed by atoms with Gasteiger partial charge >= 0.3 is 0 Å². The Labute approximate surface area is 105 Å². The second kappa shape index (κ2) is 20.9. The number of unbranched alkanes of at least 4 members (excludes halogenated alkanes) is 2. The minimum absolute atomic E-state index is 0.0417. The van der Waals surface area contributed by atoms with Crippen molar-refractivity contribution in [3.05, 3.63) is 12.2 Å². The summed E-state index contributed by atoms with van der Waals surface area (Å²) in [5.41, 5.74) is 0. The first-order chi connectivity index (χ1) is 8.33. The molecule has 0 aliphatic carbocycles. The van der Waals surface area contributed by atoms with Crippen LogP contribution in [-0.4, -0.2) is 49.9 Å². The summed E-state index contributed by atoms with van der Waals surface area (Å²) in [6, 6.07) is 0. The van der Waals surface area contributed by atoms with Crippen molar-refractivity contribution >= 4 is 0 Å². The second-order valence-corrected chi connectivity index (χ2v) is 3.38. The van der Waals surface area contributed by atoms with Crippen LogP contribution in [0.5, 0.6) is 0 Å². The molecule has 4 nitrogen and oxygen atoms in total. The van der Waals surface area contributed by atoms with E-state index in [1.165, 1.54) is 19.3 Å². The average molecular weight is 248 g/mol. The molecular formula is C13H28O4. The molecule has 0 unspecified atom stereocenters. The van der Waals surface area contributed by atoms with Crippen molar-refractivity contribution < 1.29 is 19.7 Å².